The van der Waals surface area contributed by atoms with Crippen LogP contribution in [-0.4, -0.2) is 25.6 Å². The lowest BCUT2D eigenvalue weighted by molar-refractivity contribution is -0.120. The second-order valence-electron chi connectivity index (χ2n) is 5.17. The zero-order chi connectivity index (χ0) is 15.2. The fourth-order valence-corrected chi connectivity index (χ4v) is 3.44. The molecule has 1 fully saturated rings. The fraction of sp³-hybridized carbons (Fsp3) is 0.533. The van der Waals surface area contributed by atoms with Crippen molar-refractivity contribution < 1.29 is 9.53 Å². The normalized spacial score (nSPS) is 14.0. The van der Waals surface area contributed by atoms with Gasteiger partial charge >= 0.3 is 0 Å². The van der Waals surface area contributed by atoms with Gasteiger partial charge in [0.2, 0.25) is 5.91 Å². The Hall–Kier alpha value is -0.590. The first-order valence-electron chi connectivity index (χ1n) is 7.15. The van der Waals surface area contributed by atoms with Gasteiger partial charge in [0.15, 0.2) is 0 Å². The topological polar surface area (TPSA) is 50.4 Å². The summed E-state index contributed by atoms with van der Waals surface area (Å²) in [5, 5.41) is 6.09. The van der Waals surface area contributed by atoms with Crippen LogP contribution in [-0.2, 0) is 11.3 Å². The van der Waals surface area contributed by atoms with E-state index in [-0.39, 0.29) is 5.91 Å². The third-order valence-corrected chi connectivity index (χ3v) is 4.48. The van der Waals surface area contributed by atoms with E-state index in [0.717, 1.165) is 21.2 Å². The predicted molar refractivity (Wildman–Crippen MR) is 90.5 cm³/mol. The summed E-state index contributed by atoms with van der Waals surface area (Å²) in [5.41, 5.74) is 1.22. The van der Waals surface area contributed by atoms with Crippen molar-refractivity contribution in [3.63, 3.8) is 0 Å². The van der Waals surface area contributed by atoms with E-state index in [2.05, 4.69) is 54.6 Å². The van der Waals surface area contributed by atoms with Gasteiger partial charge in [-0.25, -0.2) is 0 Å². The van der Waals surface area contributed by atoms with Crippen LogP contribution in [0.2, 0.25) is 0 Å². The molecule has 0 bridgehead atoms. The molecule has 21 heavy (non-hydrogen) atoms. The van der Waals surface area contributed by atoms with Gasteiger partial charge in [-0.2, -0.15) is 0 Å². The number of ether oxygens (including phenoxy) is 1. The van der Waals surface area contributed by atoms with Gasteiger partial charge in [-0.15, -0.1) is 0 Å². The van der Waals surface area contributed by atoms with Crippen molar-refractivity contribution in [3.05, 3.63) is 26.6 Å². The Morgan fingerprint density at radius 1 is 1.33 bits per heavy atom. The van der Waals surface area contributed by atoms with E-state index >= 15 is 0 Å². The quantitative estimate of drug-likeness (QED) is 0.635. The van der Waals surface area contributed by atoms with Crippen LogP contribution in [0.25, 0.3) is 0 Å². The van der Waals surface area contributed by atoms with Crippen LogP contribution in [0, 0.1) is 0 Å². The van der Waals surface area contributed by atoms with Gasteiger partial charge in [-0.3, -0.25) is 4.79 Å². The zero-order valence-electron chi connectivity index (χ0n) is 12.0. The number of nitrogens with one attached hydrogen (secondary N) is 2. The van der Waals surface area contributed by atoms with Crippen molar-refractivity contribution in [3.8, 4) is 5.75 Å². The van der Waals surface area contributed by atoms with E-state index in [4.69, 9.17) is 4.74 Å². The summed E-state index contributed by atoms with van der Waals surface area (Å²) in [4.78, 5) is 11.1. The number of rotatable bonds is 8. The molecular weight excluding hydrogens is 400 g/mol. The maximum absolute atomic E-state index is 11.1. The molecule has 116 valence electrons. The molecule has 2 rings (SSSR count). The van der Waals surface area contributed by atoms with E-state index in [1.807, 2.05) is 0 Å². The standard InChI is InChI=1S/C15H20Br2N2O2/c1-18-14(20)3-2-6-21-15-12(16)7-10(8-13(15)17)9-19-11-4-5-11/h7-8,11,19H,2-6,9H2,1H3,(H,18,20). The molecule has 6 heteroatoms. The number of carbonyl (C=O) groups is 1. The lowest BCUT2D eigenvalue weighted by Crippen LogP contribution is -2.18. The molecule has 1 amide bonds. The second-order valence-corrected chi connectivity index (χ2v) is 6.88. The van der Waals surface area contributed by atoms with Gasteiger partial charge in [0.05, 0.1) is 15.6 Å². The third kappa shape index (κ3) is 5.60. The van der Waals surface area contributed by atoms with Crippen molar-refractivity contribution in [1.82, 2.24) is 10.6 Å². The maximum atomic E-state index is 11.1. The molecule has 0 atom stereocenters. The van der Waals surface area contributed by atoms with Gasteiger partial charge < -0.3 is 15.4 Å². The van der Waals surface area contributed by atoms with Crippen LogP contribution in [0.4, 0.5) is 0 Å². The number of halogens is 2. The zero-order valence-corrected chi connectivity index (χ0v) is 15.2. The molecular formula is C15H20Br2N2O2. The van der Waals surface area contributed by atoms with Crippen LogP contribution in [0.15, 0.2) is 21.1 Å². The molecule has 1 aliphatic rings. The molecule has 1 aliphatic carbocycles. The van der Waals surface area contributed by atoms with Gasteiger partial charge in [0.1, 0.15) is 5.75 Å². The summed E-state index contributed by atoms with van der Waals surface area (Å²) >= 11 is 7.11. The summed E-state index contributed by atoms with van der Waals surface area (Å²) in [6, 6.07) is 4.85. The number of benzene rings is 1. The number of amides is 1. The summed E-state index contributed by atoms with van der Waals surface area (Å²) in [6.45, 7) is 1.39. The van der Waals surface area contributed by atoms with Gasteiger partial charge in [0, 0.05) is 26.1 Å². The van der Waals surface area contributed by atoms with Crippen molar-refractivity contribution in [1.29, 1.82) is 0 Å². The van der Waals surface area contributed by atoms with Crippen LogP contribution < -0.4 is 15.4 Å². The Morgan fingerprint density at radius 3 is 2.57 bits per heavy atom. The average Bonchev–Trinajstić information content (AvgIpc) is 3.27. The molecule has 0 spiro atoms. The Balaban J connectivity index is 1.85. The highest BCUT2D eigenvalue weighted by molar-refractivity contribution is 9.11. The summed E-state index contributed by atoms with van der Waals surface area (Å²) in [7, 11) is 1.64. The van der Waals surface area contributed by atoms with E-state index in [0.29, 0.717) is 25.5 Å². The molecule has 0 unspecified atom stereocenters. The van der Waals surface area contributed by atoms with Crippen molar-refractivity contribution in [2.24, 2.45) is 0 Å². The van der Waals surface area contributed by atoms with Crippen molar-refractivity contribution in [2.45, 2.75) is 38.3 Å². The van der Waals surface area contributed by atoms with Crippen LogP contribution in [0.3, 0.4) is 0 Å². The molecule has 1 aromatic rings. The highest BCUT2D eigenvalue weighted by atomic mass is 79.9. The lowest BCUT2D eigenvalue weighted by atomic mass is 10.2. The minimum absolute atomic E-state index is 0.0400. The van der Waals surface area contributed by atoms with Crippen LogP contribution >= 0.6 is 31.9 Å². The molecule has 0 aliphatic heterocycles. The number of hydrogen-bond acceptors (Lipinski definition) is 3. The Kier molecular flexibility index (Phi) is 6.51. The SMILES string of the molecule is CNC(=O)CCCOc1c(Br)cc(CNC2CC2)cc1Br. The molecule has 0 aromatic heterocycles. The number of hydrogen-bond donors (Lipinski definition) is 2. The summed E-state index contributed by atoms with van der Waals surface area (Å²) in [5.74, 6) is 0.834. The van der Waals surface area contributed by atoms with E-state index < -0.39 is 0 Å². The fourth-order valence-electron chi connectivity index (χ4n) is 1.93. The summed E-state index contributed by atoms with van der Waals surface area (Å²) in [6.07, 6.45) is 3.75. The molecule has 0 radical (unpaired) electrons. The summed E-state index contributed by atoms with van der Waals surface area (Å²) < 4.78 is 7.63. The first-order chi connectivity index (χ1) is 10.1. The molecule has 2 N–H and O–H groups in total. The highest BCUT2D eigenvalue weighted by Gasteiger charge is 2.20. The molecule has 1 aromatic carbocycles. The minimum atomic E-state index is 0.0400. The lowest BCUT2D eigenvalue weighted by Gasteiger charge is -2.12. The van der Waals surface area contributed by atoms with Crippen LogP contribution in [0.5, 0.6) is 5.75 Å². The molecule has 1 saturated carbocycles. The van der Waals surface area contributed by atoms with Crippen molar-refractivity contribution >= 4 is 37.8 Å². The Bertz CT molecular complexity index is 481. The van der Waals surface area contributed by atoms with Gasteiger partial charge in [-0.1, -0.05) is 0 Å². The largest absolute Gasteiger partial charge is 0.491 e. The molecule has 4 nitrogen and oxygen atoms in total. The first kappa shape index (κ1) is 16.8. The van der Waals surface area contributed by atoms with E-state index in [9.17, 15) is 4.79 Å². The second kappa shape index (κ2) is 8.15. The monoisotopic (exact) mass is 418 g/mol. The first-order valence-corrected chi connectivity index (χ1v) is 8.73. The van der Waals surface area contributed by atoms with Crippen molar-refractivity contribution in [2.75, 3.05) is 13.7 Å². The van der Waals surface area contributed by atoms with Gasteiger partial charge in [-0.05, 0) is 68.8 Å². The highest BCUT2D eigenvalue weighted by Crippen LogP contribution is 2.35. The third-order valence-electron chi connectivity index (χ3n) is 3.30. The van der Waals surface area contributed by atoms with Crippen LogP contribution in [0.1, 0.15) is 31.2 Å². The smallest absolute Gasteiger partial charge is 0.219 e. The van der Waals surface area contributed by atoms with E-state index in [1.54, 1.807) is 7.05 Å². The van der Waals surface area contributed by atoms with Gasteiger partial charge in [0.25, 0.3) is 0 Å². The Labute approximate surface area is 142 Å². The Morgan fingerprint density at radius 2 is 2.00 bits per heavy atom. The molecule has 0 saturated heterocycles. The molecule has 0 heterocycles. The number of carbonyl (C=O) groups excluding carboxylic acids is 1. The minimum Gasteiger partial charge on any atom is -0.491 e. The van der Waals surface area contributed by atoms with E-state index in [1.165, 1.54) is 18.4 Å². The predicted octanol–water partition coefficient (Wildman–Crippen LogP) is 3.37. The average molecular weight is 420 g/mol. The maximum Gasteiger partial charge on any atom is 0.219 e.